The Hall–Kier alpha value is -1.30. The number of nitrogens with one attached hydrogen (secondary N) is 1. The average molecular weight is 256 g/mol. The third-order valence-corrected chi connectivity index (χ3v) is 3.74. The zero-order valence-corrected chi connectivity index (χ0v) is 10.9. The molecule has 6 heteroatoms. The lowest BCUT2D eigenvalue weighted by atomic mass is 9.93. The van der Waals surface area contributed by atoms with Crippen LogP contribution < -0.4 is 5.32 Å². The first-order valence-electron chi connectivity index (χ1n) is 6.23. The van der Waals surface area contributed by atoms with Crippen LogP contribution in [-0.2, 0) is 9.53 Å². The predicted molar refractivity (Wildman–Crippen MR) is 64.3 cm³/mol. The van der Waals surface area contributed by atoms with Gasteiger partial charge in [0.15, 0.2) is 5.54 Å². The quantitative estimate of drug-likeness (QED) is 0.761. The van der Waals surface area contributed by atoms with Gasteiger partial charge in [-0.3, -0.25) is 0 Å². The van der Waals surface area contributed by atoms with Crippen LogP contribution in [0.15, 0.2) is 0 Å². The lowest BCUT2D eigenvalue weighted by Gasteiger charge is -2.28. The van der Waals surface area contributed by atoms with E-state index in [0.29, 0.717) is 26.1 Å². The Morgan fingerprint density at radius 3 is 2.50 bits per heavy atom. The van der Waals surface area contributed by atoms with Gasteiger partial charge in [-0.25, -0.2) is 9.59 Å². The van der Waals surface area contributed by atoms with Crippen LogP contribution in [0.4, 0.5) is 4.79 Å². The first kappa shape index (κ1) is 13.1. The van der Waals surface area contributed by atoms with Crippen molar-refractivity contribution in [3.8, 4) is 0 Å². The molecule has 0 saturated carbocycles. The molecule has 0 aromatic carbocycles. The Morgan fingerprint density at radius 1 is 1.33 bits per heavy atom. The summed E-state index contributed by atoms with van der Waals surface area (Å²) in [5, 5.41) is 11.9. The van der Waals surface area contributed by atoms with E-state index < -0.39 is 11.5 Å². The van der Waals surface area contributed by atoms with Gasteiger partial charge in [0.05, 0.1) is 6.61 Å². The van der Waals surface area contributed by atoms with Crippen LogP contribution in [0.25, 0.3) is 0 Å². The van der Waals surface area contributed by atoms with Crippen LogP contribution in [0, 0.1) is 5.41 Å². The van der Waals surface area contributed by atoms with Crippen molar-refractivity contribution in [2.45, 2.75) is 32.2 Å². The number of urea groups is 1. The Kier molecular flexibility index (Phi) is 3.23. The standard InChI is InChI=1S/C12H20N2O4/c1-11(2)3-5-14(7-11)10(17)13-12(9(15)16)4-6-18-8-12/h3-8H2,1-2H3,(H,13,17)(H,15,16). The van der Waals surface area contributed by atoms with Crippen LogP contribution in [0.1, 0.15) is 26.7 Å². The van der Waals surface area contributed by atoms with E-state index in [-0.39, 0.29) is 18.1 Å². The predicted octanol–water partition coefficient (Wildman–Crippen LogP) is 0.672. The third-order valence-electron chi connectivity index (χ3n) is 3.74. The number of ether oxygens (including phenoxy) is 1. The molecule has 2 saturated heterocycles. The second kappa shape index (κ2) is 4.42. The van der Waals surface area contributed by atoms with Crippen molar-refractivity contribution in [2.75, 3.05) is 26.3 Å². The first-order chi connectivity index (χ1) is 8.35. The summed E-state index contributed by atoms with van der Waals surface area (Å²) in [4.78, 5) is 25.1. The topological polar surface area (TPSA) is 78.9 Å². The number of carboxylic acids is 1. The summed E-state index contributed by atoms with van der Waals surface area (Å²) in [6.45, 7) is 5.96. The maximum atomic E-state index is 12.1. The molecular formula is C12H20N2O4. The van der Waals surface area contributed by atoms with Gasteiger partial charge < -0.3 is 20.1 Å². The van der Waals surface area contributed by atoms with E-state index in [1.807, 2.05) is 0 Å². The molecule has 0 aromatic heterocycles. The fraction of sp³-hybridized carbons (Fsp3) is 0.833. The minimum Gasteiger partial charge on any atom is -0.479 e. The van der Waals surface area contributed by atoms with E-state index in [1.165, 1.54) is 0 Å². The zero-order valence-electron chi connectivity index (χ0n) is 10.9. The highest BCUT2D eigenvalue weighted by Crippen LogP contribution is 2.29. The number of nitrogens with zero attached hydrogens (tertiary/aromatic N) is 1. The first-order valence-corrected chi connectivity index (χ1v) is 6.23. The lowest BCUT2D eigenvalue weighted by molar-refractivity contribution is -0.144. The maximum Gasteiger partial charge on any atom is 0.332 e. The van der Waals surface area contributed by atoms with Crippen molar-refractivity contribution in [1.82, 2.24) is 10.2 Å². The summed E-state index contributed by atoms with van der Waals surface area (Å²) in [7, 11) is 0. The summed E-state index contributed by atoms with van der Waals surface area (Å²) in [5.74, 6) is -1.02. The Labute approximate surface area is 106 Å². The minimum absolute atomic E-state index is 0.0469. The highest BCUT2D eigenvalue weighted by atomic mass is 16.5. The Balaban J connectivity index is 2.00. The molecule has 2 fully saturated rings. The van der Waals surface area contributed by atoms with Gasteiger partial charge in [0.1, 0.15) is 0 Å². The fourth-order valence-corrected chi connectivity index (χ4v) is 2.46. The molecule has 0 spiro atoms. The smallest absolute Gasteiger partial charge is 0.332 e. The van der Waals surface area contributed by atoms with Crippen LogP contribution in [-0.4, -0.2) is 53.8 Å². The molecule has 2 aliphatic rings. The highest BCUT2D eigenvalue weighted by molar-refractivity contribution is 5.86. The number of aliphatic carboxylic acids is 1. The van der Waals surface area contributed by atoms with E-state index >= 15 is 0 Å². The van der Waals surface area contributed by atoms with Gasteiger partial charge in [-0.05, 0) is 11.8 Å². The van der Waals surface area contributed by atoms with E-state index in [1.54, 1.807) is 4.90 Å². The number of carbonyl (C=O) groups excluding carboxylic acids is 1. The van der Waals surface area contributed by atoms with E-state index in [4.69, 9.17) is 4.74 Å². The van der Waals surface area contributed by atoms with Crippen molar-refractivity contribution >= 4 is 12.0 Å². The third kappa shape index (κ3) is 2.43. The van der Waals surface area contributed by atoms with Gasteiger partial charge in [-0.15, -0.1) is 0 Å². The molecule has 2 aliphatic heterocycles. The maximum absolute atomic E-state index is 12.1. The van der Waals surface area contributed by atoms with Crippen LogP contribution in [0.2, 0.25) is 0 Å². The van der Waals surface area contributed by atoms with Crippen molar-refractivity contribution < 1.29 is 19.4 Å². The normalized spacial score (nSPS) is 30.4. The van der Waals surface area contributed by atoms with Gasteiger partial charge >= 0.3 is 12.0 Å². The van der Waals surface area contributed by atoms with Crippen molar-refractivity contribution in [3.05, 3.63) is 0 Å². The van der Waals surface area contributed by atoms with Crippen molar-refractivity contribution in [3.63, 3.8) is 0 Å². The van der Waals surface area contributed by atoms with Crippen molar-refractivity contribution in [1.29, 1.82) is 0 Å². The SMILES string of the molecule is CC1(C)CCN(C(=O)NC2(C(=O)O)CCOC2)C1. The molecule has 102 valence electrons. The summed E-state index contributed by atoms with van der Waals surface area (Å²) in [6, 6.07) is -0.298. The van der Waals surface area contributed by atoms with Crippen LogP contribution in [0.3, 0.4) is 0 Å². The fourth-order valence-electron chi connectivity index (χ4n) is 2.46. The summed E-state index contributed by atoms with van der Waals surface area (Å²) >= 11 is 0. The van der Waals surface area contributed by atoms with E-state index in [2.05, 4.69) is 19.2 Å². The molecule has 2 amide bonds. The number of amides is 2. The molecule has 0 aliphatic carbocycles. The molecular weight excluding hydrogens is 236 g/mol. The summed E-state index contributed by atoms with van der Waals surface area (Å²) in [6.07, 6.45) is 1.27. The van der Waals surface area contributed by atoms with E-state index in [0.717, 1.165) is 6.42 Å². The molecule has 0 bridgehead atoms. The van der Waals surface area contributed by atoms with Gasteiger partial charge in [-0.1, -0.05) is 13.8 Å². The summed E-state index contributed by atoms with van der Waals surface area (Å²) in [5.41, 5.74) is -1.14. The number of likely N-dealkylation sites (tertiary alicyclic amines) is 1. The number of hydrogen-bond acceptors (Lipinski definition) is 3. The number of rotatable bonds is 2. The molecule has 2 rings (SSSR count). The molecule has 2 heterocycles. The van der Waals surface area contributed by atoms with Gasteiger partial charge in [-0.2, -0.15) is 0 Å². The number of hydrogen-bond donors (Lipinski definition) is 2. The van der Waals surface area contributed by atoms with Crippen molar-refractivity contribution in [2.24, 2.45) is 5.41 Å². The molecule has 18 heavy (non-hydrogen) atoms. The summed E-state index contributed by atoms with van der Waals surface area (Å²) < 4.78 is 5.11. The largest absolute Gasteiger partial charge is 0.479 e. The van der Waals surface area contributed by atoms with Gasteiger partial charge in [0.2, 0.25) is 0 Å². The minimum atomic E-state index is -1.25. The molecule has 0 radical (unpaired) electrons. The van der Waals surface area contributed by atoms with Crippen LogP contribution >= 0.6 is 0 Å². The second-order valence-electron chi connectivity index (χ2n) is 5.96. The molecule has 0 aromatic rings. The zero-order chi connectivity index (χ0) is 13.4. The van der Waals surface area contributed by atoms with E-state index in [9.17, 15) is 14.7 Å². The average Bonchev–Trinajstić information content (AvgIpc) is 2.85. The Morgan fingerprint density at radius 2 is 2.06 bits per heavy atom. The lowest BCUT2D eigenvalue weighted by Crippen LogP contribution is -2.58. The molecule has 1 atom stereocenters. The highest BCUT2D eigenvalue weighted by Gasteiger charge is 2.45. The molecule has 6 nitrogen and oxygen atoms in total. The monoisotopic (exact) mass is 256 g/mol. The number of carbonyl (C=O) groups is 2. The van der Waals surface area contributed by atoms with Gasteiger partial charge in [0.25, 0.3) is 0 Å². The van der Waals surface area contributed by atoms with Crippen LogP contribution in [0.5, 0.6) is 0 Å². The molecule has 2 N–H and O–H groups in total. The number of carboxylic acid groups (broad SMARTS) is 1. The molecule has 1 unspecified atom stereocenters. The second-order valence-corrected chi connectivity index (χ2v) is 5.96. The Bertz CT molecular complexity index is 361. The van der Waals surface area contributed by atoms with Gasteiger partial charge in [0, 0.05) is 26.1 Å².